The third-order valence-electron chi connectivity index (χ3n) is 5.48. The normalized spacial score (nSPS) is 20.8. The van der Waals surface area contributed by atoms with Gasteiger partial charge in [-0.1, -0.05) is 81.5 Å². The molecule has 1 fully saturated rings. The van der Waals surface area contributed by atoms with Crippen LogP contribution in [0.4, 0.5) is 0 Å². The topological polar surface area (TPSA) is 9.23 Å². The Kier molecular flexibility index (Phi) is 9.11. The van der Waals surface area contributed by atoms with E-state index in [0.29, 0.717) is 0 Å². The van der Waals surface area contributed by atoms with Gasteiger partial charge >= 0.3 is 0 Å². The second-order valence-corrected chi connectivity index (χ2v) is 12.5. The molecule has 1 nitrogen and oxygen atoms in total. The molecule has 0 spiro atoms. The van der Waals surface area contributed by atoms with Crippen LogP contribution in [0, 0.1) is 5.92 Å². The first-order valence-electron chi connectivity index (χ1n) is 8.98. The van der Waals surface area contributed by atoms with Gasteiger partial charge in [-0.2, -0.15) is 0 Å². The van der Waals surface area contributed by atoms with Crippen LogP contribution in [0.3, 0.4) is 0 Å². The van der Waals surface area contributed by atoms with Crippen LogP contribution in [0.1, 0.15) is 72.6 Å². The van der Waals surface area contributed by atoms with Crippen LogP contribution < -0.4 is 0 Å². The van der Waals surface area contributed by atoms with Gasteiger partial charge in [-0.25, -0.2) is 0 Å². The molecular formula is C18H35IOSi. The van der Waals surface area contributed by atoms with Crippen molar-refractivity contribution in [3.8, 4) is 0 Å². The summed E-state index contributed by atoms with van der Waals surface area (Å²) >= 11 is 2.34. The summed E-state index contributed by atoms with van der Waals surface area (Å²) in [5.74, 6) is 0.892. The van der Waals surface area contributed by atoms with Gasteiger partial charge in [-0.05, 0) is 47.9 Å². The monoisotopic (exact) mass is 422 g/mol. The summed E-state index contributed by atoms with van der Waals surface area (Å²) in [6.07, 6.45) is 11.8. The maximum atomic E-state index is 6.96. The fraction of sp³-hybridized carbons (Fsp3) is 0.889. The van der Waals surface area contributed by atoms with E-state index in [4.69, 9.17) is 4.43 Å². The quantitative estimate of drug-likeness (QED) is 0.285. The SMILES string of the molecule is CC[Si](CC)(CC)O[C@](C)(C/C=C/I)CC1CCCCC1. The fourth-order valence-corrected chi connectivity index (χ4v) is 7.35. The van der Waals surface area contributed by atoms with Crippen LogP contribution in [0.15, 0.2) is 10.2 Å². The number of rotatable bonds is 9. The summed E-state index contributed by atoms with van der Waals surface area (Å²) in [7, 11) is -1.52. The molecule has 1 rings (SSSR count). The zero-order valence-electron chi connectivity index (χ0n) is 14.6. The first kappa shape index (κ1) is 19.7. The van der Waals surface area contributed by atoms with E-state index in [1.165, 1.54) is 56.7 Å². The summed E-state index contributed by atoms with van der Waals surface area (Å²) in [4.78, 5) is 0. The molecule has 0 aromatic carbocycles. The Balaban J connectivity index is 2.80. The van der Waals surface area contributed by atoms with Gasteiger partial charge in [0.2, 0.25) is 0 Å². The summed E-state index contributed by atoms with van der Waals surface area (Å²) in [6, 6.07) is 3.77. The van der Waals surface area contributed by atoms with E-state index in [1.807, 2.05) is 0 Å². The summed E-state index contributed by atoms with van der Waals surface area (Å²) in [6.45, 7) is 9.41. The van der Waals surface area contributed by atoms with Crippen molar-refractivity contribution in [2.24, 2.45) is 5.92 Å². The van der Waals surface area contributed by atoms with E-state index in [1.54, 1.807) is 0 Å². The predicted molar refractivity (Wildman–Crippen MR) is 106 cm³/mol. The molecule has 0 unspecified atom stereocenters. The van der Waals surface area contributed by atoms with Gasteiger partial charge in [-0.3, -0.25) is 0 Å². The maximum absolute atomic E-state index is 6.96. The molecule has 0 saturated heterocycles. The molecule has 0 N–H and O–H groups in total. The van der Waals surface area contributed by atoms with Crippen molar-refractivity contribution in [2.75, 3.05) is 0 Å². The molecule has 0 bridgehead atoms. The van der Waals surface area contributed by atoms with E-state index in [2.05, 4.69) is 60.4 Å². The highest BCUT2D eigenvalue weighted by atomic mass is 127. The Hall–Kier alpha value is 0.647. The summed E-state index contributed by atoms with van der Waals surface area (Å²) in [5.41, 5.74) is 0.0674. The van der Waals surface area contributed by atoms with Crippen LogP contribution in [0.25, 0.3) is 0 Å². The molecule has 1 aliphatic carbocycles. The van der Waals surface area contributed by atoms with Crippen LogP contribution in [0.2, 0.25) is 18.1 Å². The molecule has 3 heteroatoms. The van der Waals surface area contributed by atoms with Gasteiger partial charge < -0.3 is 4.43 Å². The minimum absolute atomic E-state index is 0.0674. The van der Waals surface area contributed by atoms with E-state index < -0.39 is 8.32 Å². The van der Waals surface area contributed by atoms with Gasteiger partial charge in [0, 0.05) is 0 Å². The van der Waals surface area contributed by atoms with E-state index in [9.17, 15) is 0 Å². The largest absolute Gasteiger partial charge is 0.411 e. The second-order valence-electron chi connectivity index (χ2n) is 7.07. The van der Waals surface area contributed by atoms with Crippen LogP contribution in [-0.2, 0) is 4.43 Å². The minimum Gasteiger partial charge on any atom is -0.411 e. The molecule has 0 aromatic heterocycles. The van der Waals surface area contributed by atoms with Crippen LogP contribution in [-0.4, -0.2) is 13.9 Å². The minimum atomic E-state index is -1.52. The zero-order valence-corrected chi connectivity index (χ0v) is 17.7. The Morgan fingerprint density at radius 3 is 2.14 bits per heavy atom. The van der Waals surface area contributed by atoms with Crippen LogP contribution in [0.5, 0.6) is 0 Å². The third-order valence-corrected chi connectivity index (χ3v) is 10.8. The average Bonchev–Trinajstić information content (AvgIpc) is 2.52. The molecule has 0 amide bonds. The first-order chi connectivity index (χ1) is 10.0. The molecule has 124 valence electrons. The van der Waals surface area contributed by atoms with Gasteiger partial charge in [0.25, 0.3) is 0 Å². The molecule has 0 aromatic rings. The molecular weight excluding hydrogens is 387 g/mol. The Morgan fingerprint density at radius 1 is 1.10 bits per heavy atom. The third kappa shape index (κ3) is 6.34. The lowest BCUT2D eigenvalue weighted by molar-refractivity contribution is 0.0444. The van der Waals surface area contributed by atoms with Crippen molar-refractivity contribution in [1.82, 2.24) is 0 Å². The smallest absolute Gasteiger partial charge is 0.192 e. The lowest BCUT2D eigenvalue weighted by Gasteiger charge is -2.42. The molecule has 1 saturated carbocycles. The van der Waals surface area contributed by atoms with Crippen molar-refractivity contribution in [3.05, 3.63) is 10.2 Å². The Morgan fingerprint density at radius 2 is 1.67 bits per heavy atom. The highest BCUT2D eigenvalue weighted by Gasteiger charge is 2.38. The molecule has 1 aliphatic rings. The highest BCUT2D eigenvalue weighted by molar-refractivity contribution is 14.1. The summed E-state index contributed by atoms with van der Waals surface area (Å²) in [5, 5.41) is 0. The Bertz CT molecular complexity index is 300. The molecule has 0 radical (unpaired) electrons. The predicted octanol–water partition coefficient (Wildman–Crippen LogP) is 7.08. The van der Waals surface area contributed by atoms with Crippen LogP contribution >= 0.6 is 22.6 Å². The molecule has 0 aliphatic heterocycles. The van der Waals surface area contributed by atoms with Crippen molar-refractivity contribution < 1.29 is 4.43 Å². The van der Waals surface area contributed by atoms with Gasteiger partial charge in [0.1, 0.15) is 0 Å². The van der Waals surface area contributed by atoms with E-state index >= 15 is 0 Å². The molecule has 21 heavy (non-hydrogen) atoms. The van der Waals surface area contributed by atoms with Gasteiger partial charge in [0.15, 0.2) is 8.32 Å². The fourth-order valence-electron chi connectivity index (χ4n) is 3.95. The average molecular weight is 422 g/mol. The van der Waals surface area contributed by atoms with Crippen molar-refractivity contribution in [2.45, 2.75) is 96.4 Å². The first-order valence-corrected chi connectivity index (χ1v) is 12.8. The Labute approximate surface area is 147 Å². The molecule has 1 atom stereocenters. The van der Waals surface area contributed by atoms with Crippen molar-refractivity contribution in [3.63, 3.8) is 0 Å². The lowest BCUT2D eigenvalue weighted by atomic mass is 9.80. The van der Waals surface area contributed by atoms with Gasteiger partial charge in [-0.15, -0.1) is 0 Å². The number of halogens is 1. The zero-order chi connectivity index (χ0) is 15.8. The van der Waals surface area contributed by atoms with Crippen molar-refractivity contribution >= 4 is 30.9 Å². The molecule has 0 heterocycles. The number of hydrogen-bond acceptors (Lipinski definition) is 1. The maximum Gasteiger partial charge on any atom is 0.192 e. The number of hydrogen-bond donors (Lipinski definition) is 0. The lowest BCUT2D eigenvalue weighted by Crippen LogP contribution is -2.46. The second kappa shape index (κ2) is 9.71. The standard InChI is InChI=1S/C18H35IOSi/c1-5-21(6-2,7-3)20-18(4,14-11-15-19)16-17-12-9-8-10-13-17/h11,15,17H,5-10,12-14,16H2,1-4H3/b15-11+/t18-/m1/s1. The van der Waals surface area contributed by atoms with E-state index in [0.717, 1.165) is 12.3 Å². The van der Waals surface area contributed by atoms with Crippen molar-refractivity contribution in [1.29, 1.82) is 0 Å². The highest BCUT2D eigenvalue weighted by Crippen LogP contribution is 2.38. The summed E-state index contributed by atoms with van der Waals surface area (Å²) < 4.78 is 9.12. The van der Waals surface area contributed by atoms with Gasteiger partial charge in [0.05, 0.1) is 5.60 Å². The van der Waals surface area contributed by atoms with E-state index in [-0.39, 0.29) is 5.60 Å².